The molecule has 1 aromatic heterocycles. The van der Waals surface area contributed by atoms with Crippen molar-refractivity contribution in [3.8, 4) is 11.5 Å². The Balaban J connectivity index is 1.60. The highest BCUT2D eigenvalue weighted by molar-refractivity contribution is 6.03. The predicted molar refractivity (Wildman–Crippen MR) is 98.2 cm³/mol. The van der Waals surface area contributed by atoms with Crippen LogP contribution < -0.4 is 20.1 Å². The van der Waals surface area contributed by atoms with E-state index in [2.05, 4.69) is 22.2 Å². The van der Waals surface area contributed by atoms with Crippen LogP contribution in [0.5, 0.6) is 11.5 Å². The molecule has 0 spiro atoms. The van der Waals surface area contributed by atoms with Gasteiger partial charge in [0, 0.05) is 24.8 Å². The second-order valence-electron chi connectivity index (χ2n) is 6.36. The predicted octanol–water partition coefficient (Wildman–Crippen LogP) is 2.12. The van der Waals surface area contributed by atoms with Crippen LogP contribution in [0.4, 0.5) is 5.69 Å². The van der Waals surface area contributed by atoms with Crippen molar-refractivity contribution in [1.29, 1.82) is 0 Å². The van der Waals surface area contributed by atoms with E-state index < -0.39 is 0 Å². The summed E-state index contributed by atoms with van der Waals surface area (Å²) in [7, 11) is 0. The summed E-state index contributed by atoms with van der Waals surface area (Å²) in [6.07, 6.45) is 4.24. The van der Waals surface area contributed by atoms with Crippen molar-refractivity contribution < 1.29 is 19.1 Å². The van der Waals surface area contributed by atoms with E-state index in [0.29, 0.717) is 36.0 Å². The molecule has 2 N–H and O–H groups in total. The van der Waals surface area contributed by atoms with Gasteiger partial charge in [-0.15, -0.1) is 6.58 Å². The van der Waals surface area contributed by atoms with E-state index in [0.717, 1.165) is 25.0 Å². The maximum absolute atomic E-state index is 12.8. The molecule has 2 aliphatic heterocycles. The second kappa shape index (κ2) is 7.14. The minimum atomic E-state index is -0.361. The van der Waals surface area contributed by atoms with Crippen LogP contribution in [0.25, 0.3) is 0 Å². The quantitative estimate of drug-likeness (QED) is 0.789. The number of fused-ring (bicyclic) bond motifs is 2. The summed E-state index contributed by atoms with van der Waals surface area (Å²) < 4.78 is 12.5. The largest absolute Gasteiger partial charge is 0.454 e. The number of hydrogen-bond acceptors (Lipinski definition) is 5. The van der Waals surface area contributed by atoms with Crippen molar-refractivity contribution in [3.63, 3.8) is 0 Å². The van der Waals surface area contributed by atoms with Gasteiger partial charge in [0.1, 0.15) is 5.69 Å². The van der Waals surface area contributed by atoms with Gasteiger partial charge in [-0.3, -0.25) is 9.59 Å². The third-order valence-corrected chi connectivity index (χ3v) is 4.57. The molecular weight excluding hydrogens is 348 g/mol. The van der Waals surface area contributed by atoms with Crippen LogP contribution in [-0.2, 0) is 13.0 Å². The lowest BCUT2D eigenvalue weighted by Crippen LogP contribution is -2.25. The molecule has 0 saturated carbocycles. The Morgan fingerprint density at radius 2 is 2.07 bits per heavy atom. The van der Waals surface area contributed by atoms with Crippen LogP contribution in [0.3, 0.4) is 0 Å². The van der Waals surface area contributed by atoms with E-state index in [1.54, 1.807) is 24.3 Å². The molecule has 0 aliphatic carbocycles. The first-order valence-corrected chi connectivity index (χ1v) is 8.87. The average molecular weight is 368 g/mol. The summed E-state index contributed by atoms with van der Waals surface area (Å²) in [5.74, 6) is 0.823. The summed E-state index contributed by atoms with van der Waals surface area (Å²) in [6, 6.07) is 5.19. The van der Waals surface area contributed by atoms with Gasteiger partial charge < -0.3 is 24.7 Å². The first-order chi connectivity index (χ1) is 13.2. The Hall–Kier alpha value is -3.29. The van der Waals surface area contributed by atoms with Crippen LogP contribution in [0, 0.1) is 0 Å². The summed E-state index contributed by atoms with van der Waals surface area (Å²) in [6.45, 7) is 4.78. The maximum Gasteiger partial charge on any atom is 0.291 e. The summed E-state index contributed by atoms with van der Waals surface area (Å²) in [5, 5.41) is 5.56. The molecule has 0 fully saturated rings. The average Bonchev–Trinajstić information content (AvgIpc) is 3.30. The standard InChI is InChI=1S/C19H20N4O4/c1-2-8-20-18(24)16-13-5-3-4-9-23(13)17(22-16)19(25)21-12-6-7-14-15(10-12)27-11-26-14/h2,6-7,10H,1,3-5,8-9,11H2,(H,20,24)(H,21,25). The third-order valence-electron chi connectivity index (χ3n) is 4.57. The topological polar surface area (TPSA) is 94.5 Å². The molecule has 0 radical (unpaired) electrons. The van der Waals surface area contributed by atoms with E-state index in [1.807, 2.05) is 4.57 Å². The number of benzene rings is 1. The number of nitrogens with one attached hydrogen (secondary N) is 2. The number of aromatic nitrogens is 2. The van der Waals surface area contributed by atoms with Gasteiger partial charge >= 0.3 is 0 Å². The molecular formula is C19H20N4O4. The van der Waals surface area contributed by atoms with E-state index in [4.69, 9.17) is 9.47 Å². The first kappa shape index (κ1) is 17.1. The molecule has 0 saturated heterocycles. The molecule has 0 unspecified atom stereocenters. The number of nitrogens with zero attached hydrogens (tertiary/aromatic N) is 2. The molecule has 2 aliphatic rings. The van der Waals surface area contributed by atoms with Crippen molar-refractivity contribution in [2.24, 2.45) is 0 Å². The van der Waals surface area contributed by atoms with Crippen LogP contribution in [0.2, 0.25) is 0 Å². The number of rotatable bonds is 5. The summed E-state index contributed by atoms with van der Waals surface area (Å²) >= 11 is 0. The lowest BCUT2D eigenvalue weighted by atomic mass is 10.1. The van der Waals surface area contributed by atoms with Crippen molar-refractivity contribution in [1.82, 2.24) is 14.9 Å². The van der Waals surface area contributed by atoms with Gasteiger partial charge in [-0.2, -0.15) is 0 Å². The Morgan fingerprint density at radius 3 is 2.93 bits per heavy atom. The van der Waals surface area contributed by atoms with E-state index in [1.165, 1.54) is 0 Å². The normalized spacial score (nSPS) is 14.4. The molecule has 140 valence electrons. The fraction of sp³-hybridized carbons (Fsp3) is 0.316. The van der Waals surface area contributed by atoms with Gasteiger partial charge in [0.25, 0.3) is 11.8 Å². The smallest absolute Gasteiger partial charge is 0.291 e. The number of carbonyl (C=O) groups excluding carboxylic acids is 2. The number of anilines is 1. The molecule has 0 atom stereocenters. The Kier molecular flexibility index (Phi) is 4.53. The third kappa shape index (κ3) is 3.25. The lowest BCUT2D eigenvalue weighted by molar-refractivity contribution is 0.0952. The highest BCUT2D eigenvalue weighted by Gasteiger charge is 2.27. The molecule has 27 heavy (non-hydrogen) atoms. The number of hydrogen-bond donors (Lipinski definition) is 2. The minimum absolute atomic E-state index is 0.170. The molecule has 1 aromatic carbocycles. The molecule has 8 nitrogen and oxygen atoms in total. The van der Waals surface area contributed by atoms with Crippen molar-refractivity contribution in [2.45, 2.75) is 25.8 Å². The fourth-order valence-corrected chi connectivity index (χ4v) is 3.31. The zero-order valence-electron chi connectivity index (χ0n) is 14.8. The van der Waals surface area contributed by atoms with E-state index in [9.17, 15) is 9.59 Å². The summed E-state index contributed by atoms with van der Waals surface area (Å²) in [5.41, 5.74) is 1.70. The SMILES string of the molecule is C=CCNC(=O)c1nc(C(=O)Nc2ccc3c(c2)OCO3)n2c1CCCC2. The Labute approximate surface area is 156 Å². The van der Waals surface area contributed by atoms with Crippen LogP contribution in [0.15, 0.2) is 30.9 Å². The molecule has 2 aromatic rings. The van der Waals surface area contributed by atoms with Gasteiger partial charge in [-0.25, -0.2) is 4.98 Å². The fourth-order valence-electron chi connectivity index (χ4n) is 3.31. The maximum atomic E-state index is 12.8. The van der Waals surface area contributed by atoms with Gasteiger partial charge in [0.15, 0.2) is 17.3 Å². The number of ether oxygens (including phenoxy) is 2. The van der Waals surface area contributed by atoms with Crippen molar-refractivity contribution in [2.75, 3.05) is 18.7 Å². The zero-order valence-corrected chi connectivity index (χ0v) is 14.8. The van der Waals surface area contributed by atoms with Crippen LogP contribution in [0.1, 0.15) is 39.6 Å². The Bertz CT molecular complexity index is 919. The highest BCUT2D eigenvalue weighted by Crippen LogP contribution is 2.34. The second-order valence-corrected chi connectivity index (χ2v) is 6.36. The number of imidazole rings is 1. The molecule has 8 heteroatoms. The van der Waals surface area contributed by atoms with Gasteiger partial charge in [-0.05, 0) is 31.4 Å². The van der Waals surface area contributed by atoms with Gasteiger partial charge in [0.05, 0.1) is 5.69 Å². The lowest BCUT2D eigenvalue weighted by Gasteiger charge is -2.17. The summed E-state index contributed by atoms with van der Waals surface area (Å²) in [4.78, 5) is 29.6. The molecule has 4 rings (SSSR count). The van der Waals surface area contributed by atoms with Gasteiger partial charge in [0.2, 0.25) is 6.79 Å². The molecule has 0 bridgehead atoms. The highest BCUT2D eigenvalue weighted by atomic mass is 16.7. The van der Waals surface area contributed by atoms with E-state index in [-0.39, 0.29) is 24.4 Å². The van der Waals surface area contributed by atoms with Crippen LogP contribution >= 0.6 is 0 Å². The van der Waals surface area contributed by atoms with E-state index >= 15 is 0 Å². The molecule has 3 heterocycles. The number of amides is 2. The van der Waals surface area contributed by atoms with Crippen molar-refractivity contribution in [3.05, 3.63) is 48.1 Å². The van der Waals surface area contributed by atoms with Crippen LogP contribution in [-0.4, -0.2) is 34.7 Å². The van der Waals surface area contributed by atoms with Crippen molar-refractivity contribution >= 4 is 17.5 Å². The number of carbonyl (C=O) groups is 2. The first-order valence-electron chi connectivity index (χ1n) is 8.87. The minimum Gasteiger partial charge on any atom is -0.454 e. The molecule has 2 amide bonds. The van der Waals surface area contributed by atoms with Gasteiger partial charge in [-0.1, -0.05) is 6.08 Å². The Morgan fingerprint density at radius 1 is 1.22 bits per heavy atom. The monoisotopic (exact) mass is 368 g/mol. The zero-order chi connectivity index (χ0) is 18.8.